The fourth-order valence-electron chi connectivity index (χ4n) is 4.34. The van der Waals surface area contributed by atoms with Crippen molar-refractivity contribution in [3.63, 3.8) is 0 Å². The number of methoxy groups -OCH3 is 1. The Bertz CT molecular complexity index is 1110. The number of nitrogens with zero attached hydrogens (tertiary/aromatic N) is 2. The lowest BCUT2D eigenvalue weighted by atomic mass is 9.96. The number of hydrogen-bond donors (Lipinski definition) is 0. The van der Waals surface area contributed by atoms with Gasteiger partial charge in [0.05, 0.1) is 16.7 Å². The topological polar surface area (TPSA) is 93.2 Å². The van der Waals surface area contributed by atoms with Gasteiger partial charge in [-0.3, -0.25) is 19.3 Å². The molecular weight excluding hydrogens is 424 g/mol. The molecule has 2 aliphatic rings. The summed E-state index contributed by atoms with van der Waals surface area (Å²) < 4.78 is 10.3. The summed E-state index contributed by atoms with van der Waals surface area (Å²) in [6, 6.07) is 12.0. The lowest BCUT2D eigenvalue weighted by Crippen LogP contribution is -2.44. The molecule has 0 radical (unpaired) electrons. The van der Waals surface area contributed by atoms with E-state index < -0.39 is 18.5 Å². The van der Waals surface area contributed by atoms with Gasteiger partial charge in [-0.15, -0.1) is 0 Å². The van der Waals surface area contributed by atoms with Crippen LogP contribution in [0.3, 0.4) is 0 Å². The molecule has 0 aliphatic carbocycles. The fraction of sp³-hybridized carbons (Fsp3) is 0.360. The number of fused-ring (bicyclic) bond motifs is 2. The highest BCUT2D eigenvalue weighted by molar-refractivity contribution is 6.22. The number of anilines is 1. The number of carbonyl (C=O) groups is 4. The van der Waals surface area contributed by atoms with Gasteiger partial charge in [0.25, 0.3) is 17.7 Å². The number of ether oxygens (including phenoxy) is 2. The summed E-state index contributed by atoms with van der Waals surface area (Å²) >= 11 is 0. The summed E-state index contributed by atoms with van der Waals surface area (Å²) in [5.41, 5.74) is 2.47. The van der Waals surface area contributed by atoms with Crippen molar-refractivity contribution in [2.75, 3.05) is 31.8 Å². The average molecular weight is 450 g/mol. The molecule has 2 aromatic rings. The molecule has 0 fully saturated rings. The summed E-state index contributed by atoms with van der Waals surface area (Å²) in [6.07, 6.45) is 2.25. The number of rotatable bonds is 7. The quantitative estimate of drug-likeness (QED) is 0.366. The lowest BCUT2D eigenvalue weighted by molar-refractivity contribution is -0.122. The molecule has 1 unspecified atom stereocenters. The van der Waals surface area contributed by atoms with E-state index in [4.69, 9.17) is 9.47 Å². The van der Waals surface area contributed by atoms with Gasteiger partial charge in [0.1, 0.15) is 0 Å². The van der Waals surface area contributed by atoms with Crippen molar-refractivity contribution < 1.29 is 28.7 Å². The second kappa shape index (κ2) is 9.54. The molecule has 8 nitrogen and oxygen atoms in total. The van der Waals surface area contributed by atoms with E-state index in [2.05, 4.69) is 0 Å². The molecule has 3 amide bonds. The average Bonchev–Trinajstić information content (AvgIpc) is 3.06. The monoisotopic (exact) mass is 450 g/mol. The van der Waals surface area contributed by atoms with E-state index in [1.807, 2.05) is 31.2 Å². The Morgan fingerprint density at radius 3 is 2.61 bits per heavy atom. The van der Waals surface area contributed by atoms with Gasteiger partial charge in [0.2, 0.25) is 0 Å². The van der Waals surface area contributed by atoms with Crippen molar-refractivity contribution in [2.45, 2.75) is 32.2 Å². The van der Waals surface area contributed by atoms with E-state index in [0.717, 1.165) is 29.0 Å². The zero-order chi connectivity index (χ0) is 23.5. The molecule has 0 N–H and O–H groups in total. The second-order valence-electron chi connectivity index (χ2n) is 8.22. The maximum Gasteiger partial charge on any atom is 0.338 e. The third kappa shape index (κ3) is 4.39. The van der Waals surface area contributed by atoms with Gasteiger partial charge in [-0.25, -0.2) is 4.79 Å². The molecular formula is C25H26N2O6. The number of para-hydroxylation sites is 1. The maximum absolute atomic E-state index is 12.9. The van der Waals surface area contributed by atoms with Crippen LogP contribution < -0.4 is 4.90 Å². The number of imide groups is 1. The van der Waals surface area contributed by atoms with Crippen LogP contribution in [0.15, 0.2) is 42.5 Å². The van der Waals surface area contributed by atoms with Crippen LogP contribution in [0.5, 0.6) is 0 Å². The van der Waals surface area contributed by atoms with E-state index in [9.17, 15) is 19.2 Å². The third-order valence-electron chi connectivity index (χ3n) is 6.06. The first-order valence-electron chi connectivity index (χ1n) is 11.0. The minimum absolute atomic E-state index is 0.00109. The maximum atomic E-state index is 12.9. The van der Waals surface area contributed by atoms with Gasteiger partial charge in [0.15, 0.2) is 6.61 Å². The first-order chi connectivity index (χ1) is 15.9. The molecule has 2 heterocycles. The Labute approximate surface area is 192 Å². The van der Waals surface area contributed by atoms with Gasteiger partial charge in [-0.2, -0.15) is 0 Å². The van der Waals surface area contributed by atoms with Crippen LogP contribution in [0.25, 0.3) is 0 Å². The molecule has 0 bridgehead atoms. The lowest BCUT2D eigenvalue weighted by Gasteiger charge is -2.35. The summed E-state index contributed by atoms with van der Waals surface area (Å²) in [6.45, 7) is 2.23. The van der Waals surface area contributed by atoms with E-state index in [1.54, 1.807) is 12.0 Å². The van der Waals surface area contributed by atoms with Crippen molar-refractivity contribution in [1.82, 2.24) is 4.90 Å². The van der Waals surface area contributed by atoms with Gasteiger partial charge in [-0.1, -0.05) is 18.2 Å². The molecule has 0 aromatic heterocycles. The summed E-state index contributed by atoms with van der Waals surface area (Å²) in [4.78, 5) is 53.5. The molecule has 0 saturated heterocycles. The predicted octanol–water partition coefficient (Wildman–Crippen LogP) is 2.84. The number of aryl methyl sites for hydroxylation is 1. The SMILES string of the molecule is COCCCN1C(=O)c2ccc(C(=O)OCC(=O)N3c4ccccc4CCC3C)cc2C1=O. The first kappa shape index (κ1) is 22.7. The van der Waals surface area contributed by atoms with Crippen molar-refractivity contribution in [3.8, 4) is 0 Å². The van der Waals surface area contributed by atoms with Crippen LogP contribution >= 0.6 is 0 Å². The number of carbonyl (C=O) groups excluding carboxylic acids is 4. The molecule has 4 rings (SSSR count). The predicted molar refractivity (Wildman–Crippen MR) is 120 cm³/mol. The largest absolute Gasteiger partial charge is 0.452 e. The van der Waals surface area contributed by atoms with Crippen molar-refractivity contribution in [3.05, 3.63) is 64.7 Å². The molecule has 1 atom stereocenters. The molecule has 33 heavy (non-hydrogen) atoms. The van der Waals surface area contributed by atoms with E-state index in [-0.39, 0.29) is 41.1 Å². The van der Waals surface area contributed by atoms with Gasteiger partial charge < -0.3 is 14.4 Å². The molecule has 2 aliphatic heterocycles. The first-order valence-corrected chi connectivity index (χ1v) is 11.0. The van der Waals surface area contributed by atoms with Crippen molar-refractivity contribution >= 4 is 29.4 Å². The van der Waals surface area contributed by atoms with Crippen LogP contribution in [-0.2, 0) is 20.7 Å². The van der Waals surface area contributed by atoms with E-state index >= 15 is 0 Å². The second-order valence-corrected chi connectivity index (χ2v) is 8.22. The number of amides is 3. The van der Waals surface area contributed by atoms with Crippen LogP contribution in [0, 0.1) is 0 Å². The number of hydrogen-bond acceptors (Lipinski definition) is 6. The summed E-state index contributed by atoms with van der Waals surface area (Å²) in [5.74, 6) is -1.86. The Morgan fingerprint density at radius 2 is 1.82 bits per heavy atom. The molecule has 2 aromatic carbocycles. The van der Waals surface area contributed by atoms with Crippen LogP contribution in [-0.4, -0.2) is 61.5 Å². The molecule has 8 heteroatoms. The number of benzene rings is 2. The standard InChI is InChI=1S/C25H26N2O6/c1-16-8-9-17-6-3-4-7-21(17)27(16)22(28)15-33-25(31)18-10-11-19-20(14-18)24(30)26(23(19)29)12-5-13-32-2/h3-4,6-7,10-11,14,16H,5,8-9,12-13,15H2,1-2H3. The van der Waals surface area contributed by atoms with Crippen LogP contribution in [0.1, 0.15) is 56.4 Å². The smallest absolute Gasteiger partial charge is 0.338 e. The van der Waals surface area contributed by atoms with Crippen LogP contribution in [0.2, 0.25) is 0 Å². The highest BCUT2D eigenvalue weighted by atomic mass is 16.5. The Morgan fingerprint density at radius 1 is 1.06 bits per heavy atom. The Hall–Kier alpha value is -3.52. The summed E-state index contributed by atoms with van der Waals surface area (Å²) in [5, 5.41) is 0. The zero-order valence-corrected chi connectivity index (χ0v) is 18.7. The highest BCUT2D eigenvalue weighted by Crippen LogP contribution is 2.30. The Balaban J connectivity index is 1.43. The molecule has 0 saturated carbocycles. The summed E-state index contributed by atoms with van der Waals surface area (Å²) in [7, 11) is 1.55. The van der Waals surface area contributed by atoms with Gasteiger partial charge in [0, 0.05) is 32.0 Å². The van der Waals surface area contributed by atoms with Crippen molar-refractivity contribution in [2.24, 2.45) is 0 Å². The minimum Gasteiger partial charge on any atom is -0.452 e. The zero-order valence-electron chi connectivity index (χ0n) is 18.7. The van der Waals surface area contributed by atoms with E-state index in [0.29, 0.717) is 13.0 Å². The minimum atomic E-state index is -0.720. The van der Waals surface area contributed by atoms with Gasteiger partial charge in [-0.05, 0) is 56.0 Å². The highest BCUT2D eigenvalue weighted by Gasteiger charge is 2.36. The molecule has 172 valence electrons. The van der Waals surface area contributed by atoms with Crippen molar-refractivity contribution in [1.29, 1.82) is 0 Å². The van der Waals surface area contributed by atoms with Crippen LogP contribution in [0.4, 0.5) is 5.69 Å². The Kier molecular flexibility index (Phi) is 6.55. The van der Waals surface area contributed by atoms with E-state index in [1.165, 1.54) is 18.2 Å². The van der Waals surface area contributed by atoms with Gasteiger partial charge >= 0.3 is 5.97 Å². The fourth-order valence-corrected chi connectivity index (χ4v) is 4.34. The molecule has 0 spiro atoms. The number of esters is 1. The third-order valence-corrected chi connectivity index (χ3v) is 6.06. The normalized spacial score (nSPS) is 17.1.